The summed E-state index contributed by atoms with van der Waals surface area (Å²) in [5, 5.41) is 6.41. The molecule has 0 spiro atoms. The lowest BCUT2D eigenvalue weighted by Gasteiger charge is -2.15. The van der Waals surface area contributed by atoms with Crippen molar-refractivity contribution in [1.82, 2.24) is 10.6 Å². The molecule has 0 aromatic heterocycles. The fraction of sp³-hybridized carbons (Fsp3) is 0.381. The lowest BCUT2D eigenvalue weighted by molar-refractivity contribution is -0.0514. The molecule has 0 aliphatic rings. The van der Waals surface area contributed by atoms with Gasteiger partial charge in [-0.1, -0.05) is 18.2 Å². The zero-order valence-electron chi connectivity index (χ0n) is 16.9. The highest BCUT2D eigenvalue weighted by Crippen LogP contribution is 2.29. The number of guanidine groups is 1. The Morgan fingerprint density at radius 3 is 2.55 bits per heavy atom. The maximum absolute atomic E-state index is 12.5. The van der Waals surface area contributed by atoms with Crippen LogP contribution in [0.15, 0.2) is 47.5 Å². The summed E-state index contributed by atoms with van der Waals surface area (Å²) in [6.07, 6.45) is 0. The van der Waals surface area contributed by atoms with Crippen molar-refractivity contribution < 1.29 is 23.0 Å². The van der Waals surface area contributed by atoms with Crippen LogP contribution in [0.3, 0.4) is 0 Å². The van der Waals surface area contributed by atoms with Gasteiger partial charge in [-0.3, -0.25) is 0 Å². The number of nitrogens with one attached hydrogen (secondary N) is 2. The number of aliphatic imine (C=N–C) groups is 1. The number of rotatable bonds is 10. The van der Waals surface area contributed by atoms with E-state index in [1.54, 1.807) is 26.2 Å². The molecule has 0 fully saturated rings. The monoisotopic (exact) mass is 407 g/mol. The van der Waals surface area contributed by atoms with Crippen molar-refractivity contribution in [2.24, 2.45) is 4.99 Å². The number of methoxy groups -OCH3 is 1. The second-order valence-corrected chi connectivity index (χ2v) is 5.99. The minimum atomic E-state index is -2.90. The molecule has 0 amide bonds. The first-order valence-corrected chi connectivity index (χ1v) is 9.41. The van der Waals surface area contributed by atoms with Gasteiger partial charge in [0.25, 0.3) is 0 Å². The predicted octanol–water partition coefficient (Wildman–Crippen LogP) is 3.95. The fourth-order valence-corrected chi connectivity index (χ4v) is 2.59. The normalized spacial score (nSPS) is 11.3. The molecule has 0 saturated heterocycles. The van der Waals surface area contributed by atoms with Crippen molar-refractivity contribution >= 4 is 5.96 Å². The molecule has 29 heavy (non-hydrogen) atoms. The molecule has 158 valence electrons. The summed E-state index contributed by atoms with van der Waals surface area (Å²) in [6.45, 7) is 2.84. The van der Waals surface area contributed by atoms with Gasteiger partial charge in [-0.25, -0.2) is 4.99 Å². The molecule has 0 aliphatic carbocycles. The van der Waals surface area contributed by atoms with Crippen molar-refractivity contribution in [3.63, 3.8) is 0 Å². The highest BCUT2D eigenvalue weighted by atomic mass is 19.3. The van der Waals surface area contributed by atoms with Gasteiger partial charge >= 0.3 is 6.61 Å². The lowest BCUT2D eigenvalue weighted by atomic mass is 10.2. The topological polar surface area (TPSA) is 64.1 Å². The van der Waals surface area contributed by atoms with Gasteiger partial charge in [-0.15, -0.1) is 0 Å². The predicted molar refractivity (Wildman–Crippen MR) is 109 cm³/mol. The van der Waals surface area contributed by atoms with Crippen LogP contribution in [0, 0.1) is 0 Å². The molecular formula is C21H27F2N3O3. The standard InChI is InChI=1S/C21H27F2N3O3/c1-4-24-21(25-13-15-7-6-8-17(11-15)27-3)26-14-16-9-10-18(29-20(22)23)19(12-16)28-5-2/h6-12,20H,4-5,13-14H2,1-3H3,(H2,24,25,26). The van der Waals surface area contributed by atoms with Crippen LogP contribution in [0.5, 0.6) is 17.2 Å². The Hall–Kier alpha value is -3.03. The molecule has 0 atom stereocenters. The summed E-state index contributed by atoms with van der Waals surface area (Å²) < 4.78 is 40.2. The quantitative estimate of drug-likeness (QED) is 0.461. The molecule has 8 heteroatoms. The van der Waals surface area contributed by atoms with Crippen molar-refractivity contribution in [3.05, 3.63) is 53.6 Å². The minimum absolute atomic E-state index is 0.0178. The van der Waals surface area contributed by atoms with E-state index in [1.165, 1.54) is 6.07 Å². The average molecular weight is 407 g/mol. The van der Waals surface area contributed by atoms with Crippen LogP contribution in [0.2, 0.25) is 0 Å². The van der Waals surface area contributed by atoms with Crippen LogP contribution in [0.25, 0.3) is 0 Å². The Kier molecular flexibility index (Phi) is 9.01. The van der Waals surface area contributed by atoms with Gasteiger partial charge < -0.3 is 24.8 Å². The molecule has 0 unspecified atom stereocenters. The zero-order chi connectivity index (χ0) is 21.1. The van der Waals surface area contributed by atoms with Gasteiger partial charge in [0.1, 0.15) is 5.75 Å². The number of alkyl halides is 2. The van der Waals surface area contributed by atoms with Crippen molar-refractivity contribution in [1.29, 1.82) is 0 Å². The molecular weight excluding hydrogens is 380 g/mol. The molecule has 0 radical (unpaired) electrons. The van der Waals surface area contributed by atoms with Crippen LogP contribution < -0.4 is 24.8 Å². The Morgan fingerprint density at radius 2 is 1.86 bits per heavy atom. The van der Waals surface area contributed by atoms with E-state index in [4.69, 9.17) is 9.47 Å². The highest BCUT2D eigenvalue weighted by molar-refractivity contribution is 5.79. The number of hydrogen-bond donors (Lipinski definition) is 2. The maximum atomic E-state index is 12.5. The highest BCUT2D eigenvalue weighted by Gasteiger charge is 2.12. The van der Waals surface area contributed by atoms with E-state index >= 15 is 0 Å². The smallest absolute Gasteiger partial charge is 0.387 e. The Bertz CT molecular complexity index is 800. The van der Waals surface area contributed by atoms with E-state index in [2.05, 4.69) is 20.4 Å². The van der Waals surface area contributed by atoms with Gasteiger partial charge in [-0.05, 0) is 49.2 Å². The number of halogens is 2. The van der Waals surface area contributed by atoms with Gasteiger partial charge in [0.2, 0.25) is 0 Å². The molecule has 2 aromatic rings. The zero-order valence-corrected chi connectivity index (χ0v) is 16.9. The van der Waals surface area contributed by atoms with Gasteiger partial charge in [-0.2, -0.15) is 8.78 Å². The van der Waals surface area contributed by atoms with E-state index in [-0.39, 0.29) is 11.5 Å². The van der Waals surface area contributed by atoms with Crippen LogP contribution >= 0.6 is 0 Å². The Morgan fingerprint density at radius 1 is 1.03 bits per heavy atom. The number of benzene rings is 2. The number of ether oxygens (including phenoxy) is 3. The first-order valence-electron chi connectivity index (χ1n) is 9.41. The molecule has 0 heterocycles. The maximum Gasteiger partial charge on any atom is 0.387 e. The summed E-state index contributed by atoms with van der Waals surface area (Å²) >= 11 is 0. The summed E-state index contributed by atoms with van der Waals surface area (Å²) in [4.78, 5) is 4.57. The lowest BCUT2D eigenvalue weighted by Crippen LogP contribution is -2.36. The van der Waals surface area contributed by atoms with Crippen LogP contribution in [-0.4, -0.2) is 32.8 Å². The van der Waals surface area contributed by atoms with Crippen molar-refractivity contribution in [2.45, 2.75) is 33.5 Å². The molecule has 6 nitrogen and oxygen atoms in total. The number of hydrogen-bond acceptors (Lipinski definition) is 4. The van der Waals surface area contributed by atoms with Crippen molar-refractivity contribution in [2.75, 3.05) is 20.3 Å². The molecule has 0 bridgehead atoms. The molecule has 0 saturated carbocycles. The summed E-state index contributed by atoms with van der Waals surface area (Å²) in [7, 11) is 1.63. The number of nitrogens with zero attached hydrogens (tertiary/aromatic N) is 1. The largest absolute Gasteiger partial charge is 0.497 e. The SMILES string of the molecule is CCNC(=NCc1cccc(OC)c1)NCc1ccc(OC(F)F)c(OCC)c1. The molecule has 2 rings (SSSR count). The second kappa shape index (κ2) is 11.7. The third-order valence-electron chi connectivity index (χ3n) is 3.88. The van der Waals surface area contributed by atoms with Gasteiger partial charge in [0, 0.05) is 13.1 Å². The Labute approximate surface area is 169 Å². The van der Waals surface area contributed by atoms with Crippen LogP contribution in [0.1, 0.15) is 25.0 Å². The van der Waals surface area contributed by atoms with E-state index in [9.17, 15) is 8.78 Å². The summed E-state index contributed by atoms with van der Waals surface area (Å²) in [5.41, 5.74) is 1.87. The molecule has 0 aliphatic heterocycles. The van der Waals surface area contributed by atoms with Gasteiger partial charge in [0.15, 0.2) is 17.5 Å². The third-order valence-corrected chi connectivity index (χ3v) is 3.88. The van der Waals surface area contributed by atoms with E-state index in [0.717, 1.165) is 16.9 Å². The minimum Gasteiger partial charge on any atom is -0.497 e. The first kappa shape index (κ1) is 22.3. The average Bonchev–Trinajstić information content (AvgIpc) is 2.71. The van der Waals surface area contributed by atoms with E-state index < -0.39 is 6.61 Å². The second-order valence-electron chi connectivity index (χ2n) is 5.99. The fourth-order valence-electron chi connectivity index (χ4n) is 2.59. The van der Waals surface area contributed by atoms with Crippen LogP contribution in [0.4, 0.5) is 8.78 Å². The Balaban J connectivity index is 2.05. The first-order chi connectivity index (χ1) is 14.0. The summed E-state index contributed by atoms with van der Waals surface area (Å²) in [6, 6.07) is 12.6. The summed E-state index contributed by atoms with van der Waals surface area (Å²) in [5.74, 6) is 1.72. The van der Waals surface area contributed by atoms with Gasteiger partial charge in [0.05, 0.1) is 20.3 Å². The van der Waals surface area contributed by atoms with E-state index in [0.29, 0.717) is 32.2 Å². The molecule has 2 aromatic carbocycles. The van der Waals surface area contributed by atoms with Crippen molar-refractivity contribution in [3.8, 4) is 17.2 Å². The van der Waals surface area contributed by atoms with E-state index in [1.807, 2.05) is 31.2 Å². The molecule has 2 N–H and O–H groups in total. The van der Waals surface area contributed by atoms with Crippen LogP contribution in [-0.2, 0) is 13.1 Å². The third kappa shape index (κ3) is 7.48.